The number of hydrogen-bond acceptors (Lipinski definition) is 5. The summed E-state index contributed by atoms with van der Waals surface area (Å²) in [5.74, 6) is 0. The molecule has 0 radical (unpaired) electrons. The molecule has 6 heteroatoms. The molecule has 0 aliphatic rings. The molecule has 0 saturated heterocycles. The Morgan fingerprint density at radius 2 is 2.44 bits per heavy atom. The molecule has 1 aromatic heterocycles. The number of hydrogen-bond donors (Lipinski definition) is 2. The van der Waals surface area contributed by atoms with E-state index in [1.165, 1.54) is 0 Å². The molecular weight excluding hydrogens is 208 g/mol. The lowest BCUT2D eigenvalue weighted by atomic mass is 10.3. The number of ether oxygens (including phenoxy) is 1. The molecule has 2 N–H and O–H groups in total. The molecule has 0 amide bonds. The Bertz CT molecular complexity index is 288. The van der Waals surface area contributed by atoms with Crippen molar-refractivity contribution in [3.63, 3.8) is 0 Å². The maximum absolute atomic E-state index is 9.13. The van der Waals surface area contributed by atoms with E-state index in [1.807, 2.05) is 6.20 Å². The highest BCUT2D eigenvalue weighted by Crippen LogP contribution is 1.97. The zero-order chi connectivity index (χ0) is 11.8. The predicted octanol–water partition coefficient (Wildman–Crippen LogP) is -0.215. The summed E-state index contributed by atoms with van der Waals surface area (Å²) in [6.45, 7) is 4.65. The first-order chi connectivity index (χ1) is 7.72. The number of aromatic nitrogens is 3. The summed E-state index contributed by atoms with van der Waals surface area (Å²) in [4.78, 5) is 0. The lowest BCUT2D eigenvalue weighted by Gasteiger charge is -2.02. The summed E-state index contributed by atoms with van der Waals surface area (Å²) in [6.07, 6.45) is 2.29. The van der Waals surface area contributed by atoms with E-state index in [-0.39, 0.29) is 6.10 Å². The van der Waals surface area contributed by atoms with Crippen LogP contribution in [-0.4, -0.2) is 46.5 Å². The van der Waals surface area contributed by atoms with Crippen molar-refractivity contribution >= 4 is 0 Å². The van der Waals surface area contributed by atoms with Gasteiger partial charge in [0.15, 0.2) is 0 Å². The number of nitrogens with one attached hydrogen (secondary N) is 1. The van der Waals surface area contributed by atoms with Crippen molar-refractivity contribution < 1.29 is 9.84 Å². The molecule has 1 unspecified atom stereocenters. The van der Waals surface area contributed by atoms with Gasteiger partial charge in [-0.1, -0.05) is 5.21 Å². The second-order valence-electron chi connectivity index (χ2n) is 3.78. The summed E-state index contributed by atoms with van der Waals surface area (Å²) in [7, 11) is 1.67. The summed E-state index contributed by atoms with van der Waals surface area (Å²) in [6, 6.07) is 0. The van der Waals surface area contributed by atoms with Crippen LogP contribution in [0.1, 0.15) is 19.0 Å². The fourth-order valence-electron chi connectivity index (χ4n) is 1.24. The van der Waals surface area contributed by atoms with Crippen molar-refractivity contribution in [3.8, 4) is 0 Å². The van der Waals surface area contributed by atoms with E-state index < -0.39 is 0 Å². The van der Waals surface area contributed by atoms with Crippen molar-refractivity contribution in [1.82, 2.24) is 20.3 Å². The van der Waals surface area contributed by atoms with Crippen LogP contribution >= 0.6 is 0 Å². The quantitative estimate of drug-likeness (QED) is 0.602. The maximum atomic E-state index is 9.13. The zero-order valence-corrected chi connectivity index (χ0v) is 9.89. The lowest BCUT2D eigenvalue weighted by Crippen LogP contribution is -2.18. The molecular formula is C10H20N4O2. The molecule has 0 aromatic carbocycles. The van der Waals surface area contributed by atoms with Gasteiger partial charge in [0.25, 0.3) is 0 Å². The number of aryl methyl sites for hydroxylation is 1. The van der Waals surface area contributed by atoms with Crippen LogP contribution in [-0.2, 0) is 17.8 Å². The van der Waals surface area contributed by atoms with Crippen molar-refractivity contribution in [3.05, 3.63) is 11.9 Å². The molecule has 0 bridgehead atoms. The molecule has 1 aromatic rings. The highest BCUT2D eigenvalue weighted by atomic mass is 16.5. The van der Waals surface area contributed by atoms with Crippen LogP contribution in [0.4, 0.5) is 0 Å². The van der Waals surface area contributed by atoms with E-state index in [9.17, 15) is 0 Å². The molecule has 92 valence electrons. The second-order valence-corrected chi connectivity index (χ2v) is 3.78. The van der Waals surface area contributed by atoms with E-state index in [0.29, 0.717) is 26.1 Å². The van der Waals surface area contributed by atoms with Crippen LogP contribution in [0.25, 0.3) is 0 Å². The number of aliphatic hydroxyl groups is 1. The summed E-state index contributed by atoms with van der Waals surface area (Å²) in [5.41, 5.74) is 0.904. The fourth-order valence-corrected chi connectivity index (χ4v) is 1.24. The molecule has 1 rings (SSSR count). The topological polar surface area (TPSA) is 72.2 Å². The average Bonchev–Trinajstić information content (AvgIpc) is 2.70. The molecule has 0 saturated carbocycles. The van der Waals surface area contributed by atoms with Gasteiger partial charge in [0.1, 0.15) is 0 Å². The van der Waals surface area contributed by atoms with Crippen molar-refractivity contribution in [2.24, 2.45) is 0 Å². The largest absolute Gasteiger partial charge is 0.393 e. The Labute approximate surface area is 95.6 Å². The van der Waals surface area contributed by atoms with E-state index in [4.69, 9.17) is 9.84 Å². The van der Waals surface area contributed by atoms with Gasteiger partial charge in [0, 0.05) is 32.9 Å². The third-order valence-corrected chi connectivity index (χ3v) is 2.15. The Hall–Kier alpha value is -0.980. The molecule has 16 heavy (non-hydrogen) atoms. The maximum Gasteiger partial charge on any atom is 0.0964 e. The van der Waals surface area contributed by atoms with E-state index >= 15 is 0 Å². The van der Waals surface area contributed by atoms with Gasteiger partial charge in [-0.25, -0.2) is 0 Å². The molecule has 6 nitrogen and oxygen atoms in total. The first-order valence-electron chi connectivity index (χ1n) is 5.49. The van der Waals surface area contributed by atoms with Crippen molar-refractivity contribution in [2.75, 3.05) is 20.3 Å². The van der Waals surface area contributed by atoms with Crippen LogP contribution in [0.5, 0.6) is 0 Å². The van der Waals surface area contributed by atoms with Crippen LogP contribution in [0, 0.1) is 0 Å². The Kier molecular flexibility index (Phi) is 5.99. The van der Waals surface area contributed by atoms with E-state index in [1.54, 1.807) is 18.7 Å². The minimum Gasteiger partial charge on any atom is -0.393 e. The SMILES string of the molecule is COCCNCc1cn(CCC(C)O)nn1. The standard InChI is InChI=1S/C10H20N4O2/c1-9(15)3-5-14-8-10(12-13-14)7-11-4-6-16-2/h8-9,11,15H,3-7H2,1-2H3. The van der Waals surface area contributed by atoms with E-state index in [2.05, 4.69) is 15.6 Å². The van der Waals surface area contributed by atoms with Crippen molar-refractivity contribution in [1.29, 1.82) is 0 Å². The van der Waals surface area contributed by atoms with Gasteiger partial charge in [0.2, 0.25) is 0 Å². The minimum atomic E-state index is -0.299. The Morgan fingerprint density at radius 3 is 3.12 bits per heavy atom. The number of nitrogens with zero attached hydrogens (tertiary/aromatic N) is 3. The fraction of sp³-hybridized carbons (Fsp3) is 0.800. The van der Waals surface area contributed by atoms with Gasteiger partial charge in [-0.2, -0.15) is 0 Å². The normalized spacial score (nSPS) is 12.9. The summed E-state index contributed by atoms with van der Waals surface area (Å²) < 4.78 is 6.67. The first kappa shape index (κ1) is 13.1. The zero-order valence-electron chi connectivity index (χ0n) is 9.89. The Morgan fingerprint density at radius 1 is 1.62 bits per heavy atom. The number of methoxy groups -OCH3 is 1. The summed E-state index contributed by atoms with van der Waals surface area (Å²) in [5, 5.41) is 20.3. The Balaban J connectivity index is 2.22. The number of rotatable bonds is 8. The second kappa shape index (κ2) is 7.32. The van der Waals surface area contributed by atoms with Crippen LogP contribution in [0.2, 0.25) is 0 Å². The molecule has 1 heterocycles. The van der Waals surface area contributed by atoms with Crippen LogP contribution in [0.3, 0.4) is 0 Å². The number of aliphatic hydroxyl groups excluding tert-OH is 1. The minimum absolute atomic E-state index is 0.299. The molecule has 0 spiro atoms. The van der Waals surface area contributed by atoms with Crippen molar-refractivity contribution in [2.45, 2.75) is 32.5 Å². The predicted molar refractivity (Wildman–Crippen MR) is 59.9 cm³/mol. The van der Waals surface area contributed by atoms with Crippen LogP contribution < -0.4 is 5.32 Å². The molecule has 0 aliphatic carbocycles. The first-order valence-corrected chi connectivity index (χ1v) is 5.49. The smallest absolute Gasteiger partial charge is 0.0964 e. The average molecular weight is 228 g/mol. The highest BCUT2D eigenvalue weighted by molar-refractivity contribution is 4.91. The molecule has 1 atom stereocenters. The summed E-state index contributed by atoms with van der Waals surface area (Å²) >= 11 is 0. The van der Waals surface area contributed by atoms with Gasteiger partial charge in [-0.3, -0.25) is 4.68 Å². The van der Waals surface area contributed by atoms with Crippen LogP contribution in [0.15, 0.2) is 6.20 Å². The molecule has 0 aliphatic heterocycles. The van der Waals surface area contributed by atoms with Gasteiger partial charge >= 0.3 is 0 Å². The van der Waals surface area contributed by atoms with Gasteiger partial charge < -0.3 is 15.2 Å². The lowest BCUT2D eigenvalue weighted by molar-refractivity contribution is 0.176. The third-order valence-electron chi connectivity index (χ3n) is 2.15. The van der Waals surface area contributed by atoms with Gasteiger partial charge in [-0.15, -0.1) is 5.10 Å². The molecule has 0 fully saturated rings. The van der Waals surface area contributed by atoms with Gasteiger partial charge in [0.05, 0.1) is 18.4 Å². The van der Waals surface area contributed by atoms with Gasteiger partial charge in [-0.05, 0) is 13.3 Å². The third kappa shape index (κ3) is 5.20. The highest BCUT2D eigenvalue weighted by Gasteiger charge is 2.01. The monoisotopic (exact) mass is 228 g/mol. The van der Waals surface area contributed by atoms with E-state index in [0.717, 1.165) is 12.2 Å².